The van der Waals surface area contributed by atoms with E-state index in [1.807, 2.05) is 13.8 Å². The minimum Gasteiger partial charge on any atom is -0.463 e. The van der Waals surface area contributed by atoms with E-state index in [4.69, 9.17) is 4.74 Å². The third-order valence-corrected chi connectivity index (χ3v) is 2.50. The molecule has 0 aromatic carbocycles. The lowest BCUT2D eigenvalue weighted by molar-refractivity contribution is 0.147. The molecule has 8 heteroatoms. The van der Waals surface area contributed by atoms with Crippen molar-refractivity contribution in [1.82, 2.24) is 15.0 Å². The van der Waals surface area contributed by atoms with Gasteiger partial charge in [0.25, 0.3) is 0 Å². The fourth-order valence-corrected chi connectivity index (χ4v) is 1.31. The van der Waals surface area contributed by atoms with E-state index in [1.54, 1.807) is 6.92 Å². The summed E-state index contributed by atoms with van der Waals surface area (Å²) in [5, 5.41) is 24.4. The minimum absolute atomic E-state index is 0.207. The molecule has 0 bridgehead atoms. The smallest absolute Gasteiger partial charge is 0.323 e. The summed E-state index contributed by atoms with van der Waals surface area (Å²) in [6.07, 6.45) is 0.843. The lowest BCUT2D eigenvalue weighted by atomic mass is 10.1. The standard InChI is InChI=1S/C12H23N5O3/c1-4-6-20-11-15-9(13-5-2)14-10(16-11)17-12(3,7-18)8-19/h18-19H,4-8H2,1-3H3,(H2,13,14,15,16,17). The maximum Gasteiger partial charge on any atom is 0.323 e. The second-order valence-corrected chi connectivity index (χ2v) is 4.65. The molecule has 0 amide bonds. The molecule has 0 atom stereocenters. The lowest BCUT2D eigenvalue weighted by Crippen LogP contribution is -2.43. The summed E-state index contributed by atoms with van der Waals surface area (Å²) >= 11 is 0. The number of nitrogens with one attached hydrogen (secondary N) is 2. The highest BCUT2D eigenvalue weighted by atomic mass is 16.5. The van der Waals surface area contributed by atoms with Crippen LogP contribution in [0.5, 0.6) is 6.01 Å². The quantitative estimate of drug-likeness (QED) is 0.510. The molecule has 1 rings (SSSR count). The van der Waals surface area contributed by atoms with Gasteiger partial charge in [0, 0.05) is 6.54 Å². The Hall–Kier alpha value is -1.67. The Morgan fingerprint density at radius 3 is 2.30 bits per heavy atom. The fraction of sp³-hybridized carbons (Fsp3) is 0.750. The number of anilines is 2. The summed E-state index contributed by atoms with van der Waals surface area (Å²) < 4.78 is 5.40. The van der Waals surface area contributed by atoms with Crippen molar-refractivity contribution in [3.05, 3.63) is 0 Å². The third-order valence-electron chi connectivity index (χ3n) is 2.50. The molecule has 0 fully saturated rings. The summed E-state index contributed by atoms with van der Waals surface area (Å²) in [6, 6.07) is 0.207. The van der Waals surface area contributed by atoms with Crippen LogP contribution in [-0.2, 0) is 0 Å². The van der Waals surface area contributed by atoms with Crippen LogP contribution >= 0.6 is 0 Å². The molecular formula is C12H23N5O3. The zero-order chi connectivity index (χ0) is 15.0. The van der Waals surface area contributed by atoms with Crippen molar-refractivity contribution >= 4 is 11.9 Å². The molecule has 0 spiro atoms. The maximum absolute atomic E-state index is 9.29. The van der Waals surface area contributed by atoms with Gasteiger partial charge in [0.15, 0.2) is 0 Å². The number of aliphatic hydroxyl groups excluding tert-OH is 2. The van der Waals surface area contributed by atoms with Crippen LogP contribution in [0.25, 0.3) is 0 Å². The molecule has 8 nitrogen and oxygen atoms in total. The molecule has 1 aromatic rings. The second-order valence-electron chi connectivity index (χ2n) is 4.65. The van der Waals surface area contributed by atoms with Gasteiger partial charge in [0.05, 0.1) is 25.4 Å². The molecule has 1 heterocycles. The van der Waals surface area contributed by atoms with Crippen molar-refractivity contribution in [2.24, 2.45) is 0 Å². The molecule has 1 aromatic heterocycles. The third kappa shape index (κ3) is 4.78. The largest absolute Gasteiger partial charge is 0.463 e. The van der Waals surface area contributed by atoms with Gasteiger partial charge in [-0.1, -0.05) is 6.92 Å². The Morgan fingerprint density at radius 1 is 1.10 bits per heavy atom. The SMILES string of the molecule is CCCOc1nc(NCC)nc(NC(C)(CO)CO)n1. The Labute approximate surface area is 118 Å². The summed E-state index contributed by atoms with van der Waals surface area (Å²) in [5.74, 6) is 0.627. The Kier molecular flexibility index (Phi) is 6.40. The predicted molar refractivity (Wildman–Crippen MR) is 76.0 cm³/mol. The van der Waals surface area contributed by atoms with E-state index < -0.39 is 5.54 Å². The van der Waals surface area contributed by atoms with E-state index in [1.165, 1.54) is 0 Å². The number of aromatic nitrogens is 3. The predicted octanol–water partition coefficient (Wildman–Crippen LogP) is 0.247. The first-order valence-electron chi connectivity index (χ1n) is 6.69. The van der Waals surface area contributed by atoms with Gasteiger partial charge in [-0.15, -0.1) is 0 Å². The molecule has 0 aliphatic rings. The van der Waals surface area contributed by atoms with Crippen LogP contribution in [0.4, 0.5) is 11.9 Å². The number of ether oxygens (including phenoxy) is 1. The topological polar surface area (TPSA) is 112 Å². The highest BCUT2D eigenvalue weighted by molar-refractivity contribution is 5.37. The Balaban J connectivity index is 2.95. The van der Waals surface area contributed by atoms with E-state index in [0.717, 1.165) is 6.42 Å². The van der Waals surface area contributed by atoms with E-state index in [9.17, 15) is 10.2 Å². The zero-order valence-electron chi connectivity index (χ0n) is 12.2. The number of rotatable bonds is 9. The number of aliphatic hydroxyl groups is 2. The second kappa shape index (κ2) is 7.81. The Morgan fingerprint density at radius 2 is 1.75 bits per heavy atom. The highest BCUT2D eigenvalue weighted by Crippen LogP contribution is 2.15. The fourth-order valence-electron chi connectivity index (χ4n) is 1.31. The van der Waals surface area contributed by atoms with Crippen molar-refractivity contribution < 1.29 is 14.9 Å². The summed E-state index contributed by atoms with van der Waals surface area (Å²) in [6.45, 7) is 6.24. The normalized spacial score (nSPS) is 11.2. The summed E-state index contributed by atoms with van der Waals surface area (Å²) in [5.41, 5.74) is -0.910. The van der Waals surface area contributed by atoms with E-state index in [2.05, 4.69) is 25.6 Å². The van der Waals surface area contributed by atoms with Crippen molar-refractivity contribution in [2.45, 2.75) is 32.7 Å². The van der Waals surface area contributed by atoms with Gasteiger partial charge in [-0.25, -0.2) is 0 Å². The molecular weight excluding hydrogens is 262 g/mol. The molecule has 0 saturated carbocycles. The van der Waals surface area contributed by atoms with Gasteiger partial charge in [-0.3, -0.25) is 0 Å². The highest BCUT2D eigenvalue weighted by Gasteiger charge is 2.24. The van der Waals surface area contributed by atoms with Crippen molar-refractivity contribution in [3.63, 3.8) is 0 Å². The van der Waals surface area contributed by atoms with Gasteiger partial charge in [0.2, 0.25) is 11.9 Å². The maximum atomic E-state index is 9.29. The van der Waals surface area contributed by atoms with Crippen LogP contribution in [0.1, 0.15) is 27.2 Å². The number of nitrogens with zero attached hydrogens (tertiary/aromatic N) is 3. The van der Waals surface area contributed by atoms with E-state index in [0.29, 0.717) is 19.1 Å². The molecule has 0 aliphatic heterocycles. The monoisotopic (exact) mass is 285 g/mol. The first kappa shape index (κ1) is 16.4. The van der Waals surface area contributed by atoms with Gasteiger partial charge < -0.3 is 25.6 Å². The van der Waals surface area contributed by atoms with Gasteiger partial charge in [0.1, 0.15) is 0 Å². The van der Waals surface area contributed by atoms with Crippen LogP contribution in [0.15, 0.2) is 0 Å². The van der Waals surface area contributed by atoms with Crippen molar-refractivity contribution in [2.75, 3.05) is 37.0 Å². The van der Waals surface area contributed by atoms with Crippen LogP contribution in [-0.4, -0.2) is 57.1 Å². The molecule has 0 radical (unpaired) electrons. The first-order valence-corrected chi connectivity index (χ1v) is 6.69. The number of hydrogen-bond acceptors (Lipinski definition) is 8. The van der Waals surface area contributed by atoms with Crippen LogP contribution in [0.3, 0.4) is 0 Å². The van der Waals surface area contributed by atoms with Crippen molar-refractivity contribution in [3.8, 4) is 6.01 Å². The number of hydrogen-bond donors (Lipinski definition) is 4. The minimum atomic E-state index is -0.910. The molecule has 114 valence electrons. The van der Waals surface area contributed by atoms with Crippen LogP contribution in [0, 0.1) is 0 Å². The molecule has 0 unspecified atom stereocenters. The molecule has 0 aliphatic carbocycles. The molecule has 4 N–H and O–H groups in total. The molecule has 20 heavy (non-hydrogen) atoms. The van der Waals surface area contributed by atoms with Gasteiger partial charge in [-0.05, 0) is 20.3 Å². The lowest BCUT2D eigenvalue weighted by Gasteiger charge is -2.26. The Bertz CT molecular complexity index is 412. The average Bonchev–Trinajstić information content (AvgIpc) is 2.45. The van der Waals surface area contributed by atoms with Gasteiger partial charge in [-0.2, -0.15) is 15.0 Å². The molecule has 0 saturated heterocycles. The van der Waals surface area contributed by atoms with E-state index in [-0.39, 0.29) is 25.2 Å². The van der Waals surface area contributed by atoms with Crippen LogP contribution < -0.4 is 15.4 Å². The van der Waals surface area contributed by atoms with Gasteiger partial charge >= 0.3 is 6.01 Å². The van der Waals surface area contributed by atoms with Crippen LogP contribution in [0.2, 0.25) is 0 Å². The first-order chi connectivity index (χ1) is 9.56. The van der Waals surface area contributed by atoms with E-state index >= 15 is 0 Å². The summed E-state index contributed by atoms with van der Waals surface area (Å²) in [4.78, 5) is 12.4. The van der Waals surface area contributed by atoms with Crippen molar-refractivity contribution in [1.29, 1.82) is 0 Å². The average molecular weight is 285 g/mol. The summed E-state index contributed by atoms with van der Waals surface area (Å²) in [7, 11) is 0. The zero-order valence-corrected chi connectivity index (χ0v) is 12.2.